The Morgan fingerprint density at radius 3 is 2.96 bits per heavy atom. The molecule has 6 rings (SSSR count). The Hall–Kier alpha value is -2.35. The van der Waals surface area contributed by atoms with Crippen molar-refractivity contribution in [1.82, 2.24) is 9.55 Å². The summed E-state index contributed by atoms with van der Waals surface area (Å²) >= 11 is 0. The van der Waals surface area contributed by atoms with Gasteiger partial charge in [-0.15, -0.1) is 0 Å². The molecule has 2 unspecified atom stereocenters. The van der Waals surface area contributed by atoms with E-state index in [-0.39, 0.29) is 0 Å². The third-order valence-electron chi connectivity index (χ3n) is 7.35. The van der Waals surface area contributed by atoms with Crippen molar-refractivity contribution in [1.29, 1.82) is 0 Å². The van der Waals surface area contributed by atoms with Crippen molar-refractivity contribution < 1.29 is 0 Å². The van der Waals surface area contributed by atoms with Crippen molar-refractivity contribution in [3.8, 4) is 0 Å². The average molecular weight is 369 g/mol. The van der Waals surface area contributed by atoms with Crippen LogP contribution in [0.25, 0.3) is 22.2 Å². The van der Waals surface area contributed by atoms with E-state index in [9.17, 15) is 0 Å². The van der Waals surface area contributed by atoms with Crippen molar-refractivity contribution in [2.24, 2.45) is 11.8 Å². The van der Waals surface area contributed by atoms with Gasteiger partial charge in [-0.25, -0.2) is 0 Å². The maximum absolute atomic E-state index is 4.45. The van der Waals surface area contributed by atoms with E-state index in [4.69, 9.17) is 0 Å². The number of pyridine rings is 1. The highest BCUT2D eigenvalue weighted by atomic mass is 15.0. The van der Waals surface area contributed by atoms with Crippen molar-refractivity contribution >= 4 is 22.2 Å². The third-order valence-corrected chi connectivity index (χ3v) is 7.35. The first-order valence-electron chi connectivity index (χ1n) is 11.1. The first kappa shape index (κ1) is 16.6. The summed E-state index contributed by atoms with van der Waals surface area (Å²) in [5.74, 6) is 1.76. The molecule has 0 N–H and O–H groups in total. The zero-order valence-electron chi connectivity index (χ0n) is 16.5. The summed E-state index contributed by atoms with van der Waals surface area (Å²) in [6, 6.07) is 2.22. The first-order valence-corrected chi connectivity index (χ1v) is 11.1. The molecule has 1 aliphatic heterocycles. The van der Waals surface area contributed by atoms with Gasteiger partial charge in [-0.2, -0.15) is 0 Å². The number of rotatable bonds is 2. The van der Waals surface area contributed by atoms with Gasteiger partial charge in [-0.3, -0.25) is 4.98 Å². The van der Waals surface area contributed by atoms with Gasteiger partial charge in [0.1, 0.15) is 0 Å². The molecular weight excluding hydrogens is 340 g/mol. The van der Waals surface area contributed by atoms with Gasteiger partial charge in [0, 0.05) is 23.5 Å². The van der Waals surface area contributed by atoms with Gasteiger partial charge >= 0.3 is 0 Å². The molecule has 0 fully saturated rings. The normalized spacial score (nSPS) is 26.1. The lowest BCUT2D eigenvalue weighted by Crippen LogP contribution is -2.17. The van der Waals surface area contributed by atoms with E-state index in [0.29, 0.717) is 0 Å². The lowest BCUT2D eigenvalue weighted by atomic mass is 9.78. The zero-order valence-corrected chi connectivity index (χ0v) is 16.5. The predicted molar refractivity (Wildman–Crippen MR) is 117 cm³/mol. The van der Waals surface area contributed by atoms with E-state index < -0.39 is 0 Å². The van der Waals surface area contributed by atoms with E-state index in [1.54, 1.807) is 11.3 Å². The van der Waals surface area contributed by atoms with Crippen LogP contribution in [0.1, 0.15) is 62.6 Å². The molecule has 2 heteroatoms. The second-order valence-electron chi connectivity index (χ2n) is 9.05. The molecule has 28 heavy (non-hydrogen) atoms. The van der Waals surface area contributed by atoms with Gasteiger partial charge < -0.3 is 4.57 Å². The summed E-state index contributed by atoms with van der Waals surface area (Å²) < 4.78 is 2.60. The molecule has 3 aliphatic carbocycles. The standard InChI is InChI=1S/C26H28N2/c1-2-5-18(6-3-1)15-19-9-12-24-21(16-19)11-10-20-7-4-8-22-23-17-27-14-13-25(23)28(24)26(20)22/h1-2,7,10-11,13-14,17-19H,3-6,8-9,12,15-16H2. The third kappa shape index (κ3) is 2.57. The fraction of sp³-hybridized carbons (Fsp3) is 0.423. The monoisotopic (exact) mass is 368 g/mol. The van der Waals surface area contributed by atoms with Crippen LogP contribution >= 0.6 is 0 Å². The van der Waals surface area contributed by atoms with Crippen molar-refractivity contribution in [3.05, 3.63) is 65.7 Å². The van der Waals surface area contributed by atoms with Crippen LogP contribution in [0.5, 0.6) is 0 Å². The second-order valence-corrected chi connectivity index (χ2v) is 9.05. The Morgan fingerprint density at radius 1 is 1.04 bits per heavy atom. The van der Waals surface area contributed by atoms with Crippen LogP contribution in [-0.4, -0.2) is 9.55 Å². The van der Waals surface area contributed by atoms with Crippen molar-refractivity contribution in [2.45, 2.75) is 57.8 Å². The average Bonchev–Trinajstić information content (AvgIpc) is 2.98. The minimum Gasteiger partial charge on any atom is -0.312 e. The maximum Gasteiger partial charge on any atom is 0.0567 e. The Labute approximate surface area is 167 Å². The largest absolute Gasteiger partial charge is 0.312 e. The number of hydrogen-bond acceptors (Lipinski definition) is 1. The lowest BCUT2D eigenvalue weighted by Gasteiger charge is -2.30. The van der Waals surface area contributed by atoms with Gasteiger partial charge in [0.25, 0.3) is 0 Å². The molecule has 0 amide bonds. The Morgan fingerprint density at radius 2 is 2.04 bits per heavy atom. The highest BCUT2D eigenvalue weighted by Crippen LogP contribution is 2.45. The molecule has 2 aromatic rings. The van der Waals surface area contributed by atoms with Gasteiger partial charge in [0.2, 0.25) is 0 Å². The summed E-state index contributed by atoms with van der Waals surface area (Å²) in [7, 11) is 0. The van der Waals surface area contributed by atoms with Gasteiger partial charge in [-0.1, -0.05) is 30.4 Å². The van der Waals surface area contributed by atoms with Crippen LogP contribution in [0, 0.1) is 11.8 Å². The van der Waals surface area contributed by atoms with E-state index >= 15 is 0 Å². The molecular formula is C26H28N2. The van der Waals surface area contributed by atoms with E-state index in [1.807, 2.05) is 6.20 Å². The van der Waals surface area contributed by atoms with Crippen LogP contribution in [0.2, 0.25) is 0 Å². The van der Waals surface area contributed by atoms with Crippen LogP contribution in [0.4, 0.5) is 0 Å². The number of fused-ring (bicyclic) bond motifs is 4. The Bertz CT molecular complexity index is 1060. The van der Waals surface area contributed by atoms with Crippen LogP contribution < -0.4 is 0 Å². The number of aryl methyl sites for hydroxylation is 1. The molecule has 0 saturated heterocycles. The number of aromatic nitrogens is 2. The summed E-state index contributed by atoms with van der Waals surface area (Å²) in [6.45, 7) is 0. The van der Waals surface area contributed by atoms with E-state index in [0.717, 1.165) is 24.7 Å². The van der Waals surface area contributed by atoms with E-state index in [1.165, 1.54) is 72.7 Å². The fourth-order valence-corrected chi connectivity index (χ4v) is 6.04. The van der Waals surface area contributed by atoms with Gasteiger partial charge in [0.05, 0.1) is 11.2 Å². The number of hydrogen-bond donors (Lipinski definition) is 0. The zero-order chi connectivity index (χ0) is 18.5. The summed E-state index contributed by atoms with van der Waals surface area (Å²) in [4.78, 5) is 4.45. The molecule has 142 valence electrons. The molecule has 2 aromatic heterocycles. The van der Waals surface area contributed by atoms with Crippen LogP contribution in [-0.2, 0) is 6.42 Å². The van der Waals surface area contributed by atoms with E-state index in [2.05, 4.69) is 52.2 Å². The SMILES string of the molecule is C1=CCC(CC2CCC3=C(C=CC4=CCCc5c4n3c3ccncc53)C2)CC1. The summed E-state index contributed by atoms with van der Waals surface area (Å²) in [5, 5.41) is 1.36. The lowest BCUT2D eigenvalue weighted by molar-refractivity contribution is 0.328. The number of allylic oxidation sites excluding steroid dienone is 8. The fourth-order valence-electron chi connectivity index (χ4n) is 6.04. The van der Waals surface area contributed by atoms with Crippen molar-refractivity contribution in [2.75, 3.05) is 0 Å². The second kappa shape index (κ2) is 6.62. The smallest absolute Gasteiger partial charge is 0.0567 e. The Kier molecular flexibility index (Phi) is 3.92. The quantitative estimate of drug-likeness (QED) is 0.540. The first-order chi connectivity index (χ1) is 13.9. The highest BCUT2D eigenvalue weighted by Gasteiger charge is 2.30. The minimum absolute atomic E-state index is 0.849. The molecule has 0 bridgehead atoms. The minimum atomic E-state index is 0.849. The molecule has 0 radical (unpaired) electrons. The molecule has 0 saturated carbocycles. The van der Waals surface area contributed by atoms with Crippen LogP contribution in [0.3, 0.4) is 0 Å². The number of nitrogens with zero attached hydrogens (tertiary/aromatic N) is 2. The maximum atomic E-state index is 4.45. The van der Waals surface area contributed by atoms with Gasteiger partial charge in [-0.05, 0) is 92.4 Å². The summed E-state index contributed by atoms with van der Waals surface area (Å²) in [6.07, 6.45) is 27.6. The Balaban J connectivity index is 1.42. The highest BCUT2D eigenvalue weighted by molar-refractivity contribution is 5.96. The molecule has 2 nitrogen and oxygen atoms in total. The van der Waals surface area contributed by atoms with Crippen molar-refractivity contribution in [3.63, 3.8) is 0 Å². The molecule has 2 atom stereocenters. The topological polar surface area (TPSA) is 17.8 Å². The molecule has 0 aromatic carbocycles. The molecule has 4 aliphatic rings. The molecule has 0 spiro atoms. The molecule has 3 heterocycles. The summed E-state index contributed by atoms with van der Waals surface area (Å²) in [5.41, 5.74) is 8.87. The predicted octanol–water partition coefficient (Wildman–Crippen LogP) is 6.69. The van der Waals surface area contributed by atoms with Crippen LogP contribution in [0.15, 0.2) is 54.4 Å². The van der Waals surface area contributed by atoms with Gasteiger partial charge in [0.15, 0.2) is 0 Å².